The Morgan fingerprint density at radius 2 is 1.27 bits per heavy atom. The lowest BCUT2D eigenvalue weighted by Gasteiger charge is -2.23. The number of hydrogen-bond donors (Lipinski definition) is 1. The smallest absolute Gasteiger partial charge is 0.408 e. The summed E-state index contributed by atoms with van der Waals surface area (Å²) >= 11 is 0. The SMILES string of the molecule is Cc1ccc(S(=O)(=O)OC[C@H](NC(=O)OCc2ccccc2)C(=O)OC(c2ccccc2)c2ccccc2)cc1. The van der Waals surface area contributed by atoms with E-state index < -0.39 is 40.9 Å². The predicted molar refractivity (Wildman–Crippen MR) is 149 cm³/mol. The van der Waals surface area contributed by atoms with Crippen molar-refractivity contribution in [3.63, 3.8) is 0 Å². The second kappa shape index (κ2) is 13.5. The van der Waals surface area contributed by atoms with E-state index in [0.717, 1.165) is 11.1 Å². The molecule has 0 saturated carbocycles. The fourth-order valence-electron chi connectivity index (χ4n) is 3.79. The van der Waals surface area contributed by atoms with E-state index in [4.69, 9.17) is 13.7 Å². The zero-order valence-corrected chi connectivity index (χ0v) is 22.6. The summed E-state index contributed by atoms with van der Waals surface area (Å²) in [5.74, 6) is -0.895. The third-order valence-electron chi connectivity index (χ3n) is 5.93. The highest BCUT2D eigenvalue weighted by Crippen LogP contribution is 2.26. The number of alkyl carbamates (subject to hydrolysis) is 1. The summed E-state index contributed by atoms with van der Waals surface area (Å²) in [6.07, 6.45) is -1.74. The molecule has 0 heterocycles. The molecule has 1 N–H and O–H groups in total. The number of nitrogens with one attached hydrogen (secondary N) is 1. The van der Waals surface area contributed by atoms with E-state index in [0.29, 0.717) is 11.1 Å². The molecule has 0 aliphatic heterocycles. The number of carbonyl (C=O) groups is 2. The molecule has 206 valence electrons. The van der Waals surface area contributed by atoms with Crippen LogP contribution in [0.3, 0.4) is 0 Å². The number of hydrogen-bond acceptors (Lipinski definition) is 7. The maximum atomic E-state index is 13.4. The van der Waals surface area contributed by atoms with Gasteiger partial charge in [-0.1, -0.05) is 109 Å². The molecule has 8 nitrogen and oxygen atoms in total. The average Bonchev–Trinajstić information content (AvgIpc) is 2.98. The maximum absolute atomic E-state index is 13.4. The first-order chi connectivity index (χ1) is 19.3. The quantitative estimate of drug-likeness (QED) is 0.196. The van der Waals surface area contributed by atoms with Gasteiger partial charge in [0, 0.05) is 0 Å². The van der Waals surface area contributed by atoms with Crippen LogP contribution in [0, 0.1) is 6.92 Å². The van der Waals surface area contributed by atoms with Crippen molar-refractivity contribution >= 4 is 22.2 Å². The highest BCUT2D eigenvalue weighted by Gasteiger charge is 2.30. The first kappa shape index (κ1) is 28.5. The van der Waals surface area contributed by atoms with Gasteiger partial charge in [0.15, 0.2) is 12.1 Å². The van der Waals surface area contributed by atoms with Crippen molar-refractivity contribution in [3.05, 3.63) is 138 Å². The zero-order chi connectivity index (χ0) is 28.4. The molecule has 4 rings (SSSR count). The van der Waals surface area contributed by atoms with Gasteiger partial charge < -0.3 is 14.8 Å². The topological polar surface area (TPSA) is 108 Å². The Hall–Kier alpha value is -4.47. The van der Waals surface area contributed by atoms with Crippen molar-refractivity contribution in [3.8, 4) is 0 Å². The number of ether oxygens (including phenoxy) is 2. The number of esters is 1. The minimum Gasteiger partial charge on any atom is -0.451 e. The van der Waals surface area contributed by atoms with Crippen LogP contribution >= 0.6 is 0 Å². The Morgan fingerprint density at radius 1 is 0.750 bits per heavy atom. The van der Waals surface area contributed by atoms with Gasteiger partial charge in [0.1, 0.15) is 6.61 Å². The van der Waals surface area contributed by atoms with Crippen LogP contribution in [0.4, 0.5) is 4.79 Å². The fraction of sp³-hybridized carbons (Fsp3) is 0.161. The standard InChI is InChI=1S/C31H29NO7S/c1-23-17-19-27(20-18-23)40(35,36)38-22-28(32-31(34)37-21-24-11-5-2-6-12-24)30(33)39-29(25-13-7-3-8-14-25)26-15-9-4-10-16-26/h2-20,28-29H,21-22H2,1H3,(H,32,34)/t28-/m0/s1. The van der Waals surface area contributed by atoms with Gasteiger partial charge in [-0.15, -0.1) is 0 Å². The monoisotopic (exact) mass is 559 g/mol. The molecule has 4 aromatic carbocycles. The molecule has 0 aliphatic rings. The molecule has 40 heavy (non-hydrogen) atoms. The summed E-state index contributed by atoms with van der Waals surface area (Å²) in [7, 11) is -4.23. The van der Waals surface area contributed by atoms with Gasteiger partial charge >= 0.3 is 12.1 Å². The molecule has 0 spiro atoms. The summed E-state index contributed by atoms with van der Waals surface area (Å²) in [4.78, 5) is 26.0. The molecular weight excluding hydrogens is 530 g/mol. The second-order valence-electron chi connectivity index (χ2n) is 8.95. The Labute approximate surface area is 233 Å². The normalized spacial score (nSPS) is 11.9. The van der Waals surface area contributed by atoms with E-state index in [1.165, 1.54) is 12.1 Å². The zero-order valence-electron chi connectivity index (χ0n) is 21.8. The minimum atomic E-state index is -4.23. The van der Waals surface area contributed by atoms with Gasteiger partial charge in [-0.2, -0.15) is 8.42 Å². The Balaban J connectivity index is 1.53. The lowest BCUT2D eigenvalue weighted by molar-refractivity contribution is -0.150. The maximum Gasteiger partial charge on any atom is 0.408 e. The fourth-order valence-corrected chi connectivity index (χ4v) is 4.71. The van der Waals surface area contributed by atoms with Gasteiger partial charge in [0.05, 0.1) is 11.5 Å². The van der Waals surface area contributed by atoms with Gasteiger partial charge in [-0.3, -0.25) is 4.18 Å². The van der Waals surface area contributed by atoms with Gasteiger partial charge in [-0.25, -0.2) is 9.59 Å². The van der Waals surface area contributed by atoms with Crippen LogP contribution in [0.1, 0.15) is 28.4 Å². The van der Waals surface area contributed by atoms with E-state index in [-0.39, 0.29) is 11.5 Å². The third-order valence-corrected chi connectivity index (χ3v) is 7.22. The van der Waals surface area contributed by atoms with E-state index in [1.807, 2.05) is 49.4 Å². The van der Waals surface area contributed by atoms with Gasteiger partial charge in [0.2, 0.25) is 0 Å². The van der Waals surface area contributed by atoms with Crippen molar-refractivity contribution < 1.29 is 31.7 Å². The summed E-state index contributed by atoms with van der Waals surface area (Å²) in [6.45, 7) is 1.07. The molecule has 0 saturated heterocycles. The van der Waals surface area contributed by atoms with E-state index >= 15 is 0 Å². The van der Waals surface area contributed by atoms with Crippen LogP contribution in [0.25, 0.3) is 0 Å². The summed E-state index contributed by atoms with van der Waals surface area (Å²) < 4.78 is 41.9. The summed E-state index contributed by atoms with van der Waals surface area (Å²) in [6, 6.07) is 31.7. The number of amides is 1. The molecular formula is C31H29NO7S. The molecule has 0 radical (unpaired) electrons. The van der Waals surface area contributed by atoms with E-state index in [2.05, 4.69) is 5.32 Å². The first-order valence-corrected chi connectivity index (χ1v) is 14.0. The van der Waals surface area contributed by atoms with E-state index in [9.17, 15) is 18.0 Å². The molecule has 9 heteroatoms. The Kier molecular flexibility index (Phi) is 9.66. The van der Waals surface area contributed by atoms with Crippen LogP contribution < -0.4 is 5.32 Å². The molecule has 0 aliphatic carbocycles. The molecule has 1 atom stereocenters. The first-order valence-electron chi connectivity index (χ1n) is 12.6. The van der Waals surface area contributed by atoms with Crippen molar-refractivity contribution in [1.82, 2.24) is 5.32 Å². The molecule has 0 unspecified atom stereocenters. The van der Waals surface area contributed by atoms with Crippen LogP contribution in [0.15, 0.2) is 120 Å². The number of rotatable bonds is 11. The van der Waals surface area contributed by atoms with Crippen LogP contribution in [0.2, 0.25) is 0 Å². The second-order valence-corrected chi connectivity index (χ2v) is 10.6. The van der Waals surface area contributed by atoms with Crippen LogP contribution in [0.5, 0.6) is 0 Å². The third kappa shape index (κ3) is 8.02. The summed E-state index contributed by atoms with van der Waals surface area (Å²) in [5.41, 5.74) is 3.00. The predicted octanol–water partition coefficient (Wildman–Crippen LogP) is 5.33. The molecule has 1 amide bonds. The minimum absolute atomic E-state index is 0.0480. The highest BCUT2D eigenvalue weighted by molar-refractivity contribution is 7.86. The highest BCUT2D eigenvalue weighted by atomic mass is 32.2. The van der Waals surface area contributed by atoms with Gasteiger partial charge in [0.25, 0.3) is 10.1 Å². The lowest BCUT2D eigenvalue weighted by atomic mass is 10.0. The Morgan fingerprint density at radius 3 is 1.82 bits per heavy atom. The lowest BCUT2D eigenvalue weighted by Crippen LogP contribution is -2.46. The Bertz CT molecular complexity index is 1450. The van der Waals surface area contributed by atoms with Gasteiger partial charge in [-0.05, 0) is 35.7 Å². The largest absolute Gasteiger partial charge is 0.451 e. The van der Waals surface area contributed by atoms with Crippen molar-refractivity contribution in [2.24, 2.45) is 0 Å². The number of aryl methyl sites for hydroxylation is 1. The van der Waals surface area contributed by atoms with Crippen LogP contribution in [-0.2, 0) is 35.2 Å². The van der Waals surface area contributed by atoms with Crippen LogP contribution in [-0.4, -0.2) is 33.1 Å². The average molecular weight is 560 g/mol. The summed E-state index contributed by atoms with van der Waals surface area (Å²) in [5, 5.41) is 2.40. The van der Waals surface area contributed by atoms with Crippen molar-refractivity contribution in [2.75, 3.05) is 6.61 Å². The molecule has 0 aromatic heterocycles. The molecule has 4 aromatic rings. The molecule has 0 fully saturated rings. The number of benzene rings is 4. The van der Waals surface area contributed by atoms with Crippen molar-refractivity contribution in [2.45, 2.75) is 30.6 Å². The number of carbonyl (C=O) groups excluding carboxylic acids is 2. The molecule has 0 bridgehead atoms. The van der Waals surface area contributed by atoms with Crippen molar-refractivity contribution in [1.29, 1.82) is 0 Å². The van der Waals surface area contributed by atoms with E-state index in [1.54, 1.807) is 60.7 Å².